The van der Waals surface area contributed by atoms with Crippen molar-refractivity contribution in [3.05, 3.63) is 74.0 Å². The van der Waals surface area contributed by atoms with Gasteiger partial charge in [0.15, 0.2) is 4.77 Å². The minimum absolute atomic E-state index is 0.0854. The highest BCUT2D eigenvalue weighted by molar-refractivity contribution is 7.71. The number of phenolic OH excluding ortho intramolecular Hbond substituents is 1. The van der Waals surface area contributed by atoms with E-state index in [2.05, 4.69) is 9.98 Å². The average molecular weight is 392 g/mol. The molecule has 0 bridgehead atoms. The van der Waals surface area contributed by atoms with Crippen LogP contribution in [0.25, 0.3) is 5.69 Å². The summed E-state index contributed by atoms with van der Waals surface area (Å²) >= 11 is 10.8. The van der Waals surface area contributed by atoms with E-state index in [1.165, 1.54) is 24.3 Å². The molecule has 3 aromatic rings. The monoisotopic (exact) mass is 391 g/mol. The van der Waals surface area contributed by atoms with Crippen molar-refractivity contribution in [2.75, 3.05) is 0 Å². The highest BCUT2D eigenvalue weighted by Gasteiger charge is 2.14. The molecule has 0 aliphatic rings. The SMILES string of the molecule is O=c1[nH]c(=S)n(-c2ccc(F)c(Cl)c2)c(O)c1C=Nc1ccccc1O. The van der Waals surface area contributed by atoms with Crippen LogP contribution in [0, 0.1) is 10.6 Å². The summed E-state index contributed by atoms with van der Waals surface area (Å²) in [6.45, 7) is 0. The Hall–Kier alpha value is -2.97. The van der Waals surface area contributed by atoms with Gasteiger partial charge in [0.05, 0.1) is 10.7 Å². The number of para-hydroxylation sites is 2. The first-order chi connectivity index (χ1) is 12.4. The van der Waals surface area contributed by atoms with Gasteiger partial charge >= 0.3 is 0 Å². The molecule has 0 saturated heterocycles. The van der Waals surface area contributed by atoms with Crippen LogP contribution in [-0.2, 0) is 0 Å². The number of benzene rings is 2. The lowest BCUT2D eigenvalue weighted by Gasteiger charge is -2.11. The normalized spacial score (nSPS) is 11.2. The molecule has 0 saturated carbocycles. The van der Waals surface area contributed by atoms with E-state index in [4.69, 9.17) is 23.8 Å². The first kappa shape index (κ1) is 17.8. The van der Waals surface area contributed by atoms with Gasteiger partial charge in [0.25, 0.3) is 5.56 Å². The van der Waals surface area contributed by atoms with E-state index in [0.717, 1.165) is 16.8 Å². The molecule has 0 fully saturated rings. The standard InChI is InChI=1S/C17H11ClFN3O3S/c18-11-7-9(5-6-12(11)19)22-16(25)10(15(24)21-17(22)26)8-20-13-3-1-2-4-14(13)23/h1-8,23,25H,(H,21,24,26). The quantitative estimate of drug-likeness (QED) is 0.467. The summed E-state index contributed by atoms with van der Waals surface area (Å²) in [6.07, 6.45) is 1.10. The van der Waals surface area contributed by atoms with E-state index in [1.807, 2.05) is 0 Å². The second-order valence-corrected chi connectivity index (χ2v) is 5.97. The van der Waals surface area contributed by atoms with Gasteiger partial charge in [-0.2, -0.15) is 0 Å². The number of rotatable bonds is 3. The molecule has 3 rings (SSSR count). The van der Waals surface area contributed by atoms with Crippen molar-refractivity contribution in [3.8, 4) is 17.3 Å². The number of aliphatic imine (C=N–C) groups is 1. The summed E-state index contributed by atoms with van der Waals surface area (Å²) in [5.41, 5.74) is -0.393. The molecule has 9 heteroatoms. The molecule has 0 atom stereocenters. The highest BCUT2D eigenvalue weighted by Crippen LogP contribution is 2.26. The molecule has 26 heavy (non-hydrogen) atoms. The van der Waals surface area contributed by atoms with Gasteiger partial charge in [-0.25, -0.2) is 4.39 Å². The number of nitrogens with zero attached hydrogens (tertiary/aromatic N) is 2. The van der Waals surface area contributed by atoms with E-state index in [9.17, 15) is 19.4 Å². The van der Waals surface area contributed by atoms with Crippen LogP contribution in [0.2, 0.25) is 5.02 Å². The van der Waals surface area contributed by atoms with Gasteiger partial charge < -0.3 is 10.2 Å². The number of aromatic nitrogens is 2. The Kier molecular flexibility index (Phi) is 4.88. The molecule has 0 radical (unpaired) electrons. The maximum Gasteiger partial charge on any atom is 0.264 e. The van der Waals surface area contributed by atoms with Crippen LogP contribution in [-0.4, -0.2) is 26.0 Å². The molecule has 2 aromatic carbocycles. The molecule has 3 N–H and O–H groups in total. The van der Waals surface area contributed by atoms with Gasteiger partial charge in [0, 0.05) is 6.21 Å². The van der Waals surface area contributed by atoms with E-state index in [1.54, 1.807) is 12.1 Å². The Morgan fingerprint density at radius 3 is 2.65 bits per heavy atom. The van der Waals surface area contributed by atoms with Gasteiger partial charge in [-0.1, -0.05) is 23.7 Å². The molecule has 0 unspecified atom stereocenters. The third kappa shape index (κ3) is 3.37. The molecular weight excluding hydrogens is 381 g/mol. The summed E-state index contributed by atoms with van der Waals surface area (Å²) in [5, 5.41) is 20.1. The molecular formula is C17H11ClFN3O3S. The van der Waals surface area contributed by atoms with E-state index >= 15 is 0 Å². The van der Waals surface area contributed by atoms with E-state index in [-0.39, 0.29) is 32.5 Å². The maximum atomic E-state index is 13.4. The zero-order chi connectivity index (χ0) is 18.8. The number of hydrogen-bond donors (Lipinski definition) is 3. The van der Waals surface area contributed by atoms with Crippen LogP contribution >= 0.6 is 23.8 Å². The number of aromatic hydroxyl groups is 2. The van der Waals surface area contributed by atoms with Crippen LogP contribution in [0.4, 0.5) is 10.1 Å². The number of halogens is 2. The van der Waals surface area contributed by atoms with Crippen molar-refractivity contribution in [2.45, 2.75) is 0 Å². The van der Waals surface area contributed by atoms with Gasteiger partial charge in [0.2, 0.25) is 5.88 Å². The Morgan fingerprint density at radius 1 is 1.23 bits per heavy atom. The van der Waals surface area contributed by atoms with Crippen molar-refractivity contribution < 1.29 is 14.6 Å². The van der Waals surface area contributed by atoms with Crippen molar-refractivity contribution in [1.82, 2.24) is 9.55 Å². The third-order valence-electron chi connectivity index (χ3n) is 3.50. The second kappa shape index (κ2) is 7.11. The number of aromatic amines is 1. The largest absolute Gasteiger partial charge is 0.506 e. The fraction of sp³-hybridized carbons (Fsp3) is 0. The Morgan fingerprint density at radius 2 is 1.96 bits per heavy atom. The van der Waals surface area contributed by atoms with Gasteiger partial charge in [0.1, 0.15) is 22.8 Å². The minimum Gasteiger partial charge on any atom is -0.506 e. The zero-order valence-corrected chi connectivity index (χ0v) is 14.6. The van der Waals surface area contributed by atoms with Gasteiger partial charge in [-0.05, 0) is 42.5 Å². The Labute approximate surface area is 156 Å². The van der Waals surface area contributed by atoms with Crippen molar-refractivity contribution >= 4 is 35.7 Å². The van der Waals surface area contributed by atoms with Gasteiger partial charge in [-0.3, -0.25) is 19.3 Å². The van der Waals surface area contributed by atoms with Gasteiger partial charge in [-0.15, -0.1) is 0 Å². The van der Waals surface area contributed by atoms with Crippen LogP contribution < -0.4 is 5.56 Å². The fourth-order valence-electron chi connectivity index (χ4n) is 2.23. The summed E-state index contributed by atoms with van der Waals surface area (Å²) < 4.78 is 14.4. The summed E-state index contributed by atoms with van der Waals surface area (Å²) in [7, 11) is 0. The number of H-pyrrole nitrogens is 1. The Bertz CT molecular complexity index is 1140. The van der Waals surface area contributed by atoms with Crippen LogP contribution in [0.15, 0.2) is 52.3 Å². The lowest BCUT2D eigenvalue weighted by atomic mass is 10.2. The highest BCUT2D eigenvalue weighted by atomic mass is 35.5. The molecule has 0 spiro atoms. The van der Waals surface area contributed by atoms with Crippen molar-refractivity contribution in [3.63, 3.8) is 0 Å². The topological polar surface area (TPSA) is 90.6 Å². The van der Waals surface area contributed by atoms with Crippen LogP contribution in [0.3, 0.4) is 0 Å². The summed E-state index contributed by atoms with van der Waals surface area (Å²) in [4.78, 5) is 18.5. The fourth-order valence-corrected chi connectivity index (χ4v) is 2.69. The molecule has 0 aliphatic heterocycles. The zero-order valence-electron chi connectivity index (χ0n) is 13.0. The lowest BCUT2D eigenvalue weighted by Crippen LogP contribution is -2.18. The van der Waals surface area contributed by atoms with Crippen LogP contribution in [0.5, 0.6) is 11.6 Å². The predicted molar refractivity (Wildman–Crippen MR) is 99.2 cm³/mol. The molecule has 0 amide bonds. The van der Waals surface area contributed by atoms with Crippen molar-refractivity contribution in [1.29, 1.82) is 0 Å². The Balaban J connectivity index is 2.16. The summed E-state index contributed by atoms with van der Waals surface area (Å²) in [6, 6.07) is 9.96. The first-order valence-electron chi connectivity index (χ1n) is 7.24. The van der Waals surface area contributed by atoms with Crippen molar-refractivity contribution in [2.24, 2.45) is 4.99 Å². The first-order valence-corrected chi connectivity index (χ1v) is 8.03. The summed E-state index contributed by atoms with van der Waals surface area (Å²) in [5.74, 6) is -1.22. The van der Waals surface area contributed by atoms with E-state index < -0.39 is 17.3 Å². The number of hydrogen-bond acceptors (Lipinski definition) is 5. The maximum absolute atomic E-state index is 13.4. The predicted octanol–water partition coefficient (Wildman–Crippen LogP) is 3.85. The molecule has 132 valence electrons. The van der Waals surface area contributed by atoms with E-state index in [0.29, 0.717) is 0 Å². The number of phenols is 1. The molecule has 1 aromatic heterocycles. The lowest BCUT2D eigenvalue weighted by molar-refractivity contribution is 0.432. The minimum atomic E-state index is -0.670. The average Bonchev–Trinajstić information content (AvgIpc) is 2.59. The van der Waals surface area contributed by atoms with Crippen LogP contribution in [0.1, 0.15) is 5.56 Å². The smallest absolute Gasteiger partial charge is 0.264 e. The third-order valence-corrected chi connectivity index (χ3v) is 4.07. The number of nitrogens with one attached hydrogen (secondary N) is 1. The second-order valence-electron chi connectivity index (χ2n) is 5.18. The molecule has 0 aliphatic carbocycles. The molecule has 1 heterocycles. The molecule has 6 nitrogen and oxygen atoms in total.